The smallest absolute Gasteiger partial charge is 0.380 e. The SMILES string of the molecule is FC(F)(F)Sc1ccccc1NCc1cncc(Br)c1. The average Bonchev–Trinajstić information content (AvgIpc) is 2.36. The number of para-hydroxylation sites is 1. The van der Waals surface area contributed by atoms with Crippen LogP contribution in [0.25, 0.3) is 0 Å². The van der Waals surface area contributed by atoms with Gasteiger partial charge in [-0.3, -0.25) is 4.98 Å². The van der Waals surface area contributed by atoms with Gasteiger partial charge in [0.1, 0.15) is 0 Å². The number of rotatable bonds is 4. The van der Waals surface area contributed by atoms with Crippen LogP contribution in [0.15, 0.2) is 52.1 Å². The van der Waals surface area contributed by atoms with Gasteiger partial charge in [-0.15, -0.1) is 0 Å². The molecule has 1 N–H and O–H groups in total. The van der Waals surface area contributed by atoms with Crippen molar-refractivity contribution in [3.63, 3.8) is 0 Å². The van der Waals surface area contributed by atoms with Crippen molar-refractivity contribution in [3.8, 4) is 0 Å². The quantitative estimate of drug-likeness (QED) is 0.768. The van der Waals surface area contributed by atoms with E-state index in [1.54, 1.807) is 30.6 Å². The monoisotopic (exact) mass is 362 g/mol. The summed E-state index contributed by atoms with van der Waals surface area (Å²) in [7, 11) is 0. The first-order valence-electron chi connectivity index (χ1n) is 5.62. The number of hydrogen-bond acceptors (Lipinski definition) is 3. The Balaban J connectivity index is 2.09. The third-order valence-electron chi connectivity index (χ3n) is 2.36. The molecule has 0 atom stereocenters. The predicted molar refractivity (Wildman–Crippen MR) is 77.6 cm³/mol. The Bertz CT molecular complexity index is 590. The maximum atomic E-state index is 12.5. The molecule has 0 aliphatic rings. The third kappa shape index (κ3) is 4.72. The summed E-state index contributed by atoms with van der Waals surface area (Å²) in [5.41, 5.74) is -2.96. The van der Waals surface area contributed by atoms with Crippen LogP contribution in [-0.2, 0) is 6.54 Å². The first-order chi connectivity index (χ1) is 9.44. The van der Waals surface area contributed by atoms with Crippen LogP contribution < -0.4 is 5.32 Å². The Morgan fingerprint density at radius 1 is 1.20 bits per heavy atom. The van der Waals surface area contributed by atoms with E-state index in [0.717, 1.165) is 10.0 Å². The molecule has 0 aliphatic heterocycles. The van der Waals surface area contributed by atoms with Crippen molar-refractivity contribution in [1.29, 1.82) is 0 Å². The highest BCUT2D eigenvalue weighted by Gasteiger charge is 2.30. The zero-order chi connectivity index (χ0) is 14.6. The summed E-state index contributed by atoms with van der Waals surface area (Å²) in [6.07, 6.45) is 3.31. The summed E-state index contributed by atoms with van der Waals surface area (Å²) in [4.78, 5) is 4.16. The lowest BCUT2D eigenvalue weighted by Gasteiger charge is -2.13. The second-order valence-corrected chi connectivity index (χ2v) is 5.93. The van der Waals surface area contributed by atoms with Gasteiger partial charge in [-0.2, -0.15) is 13.2 Å². The molecule has 0 aliphatic carbocycles. The first kappa shape index (κ1) is 15.2. The van der Waals surface area contributed by atoms with Crippen LogP contribution in [0, 0.1) is 0 Å². The van der Waals surface area contributed by atoms with E-state index in [-0.39, 0.29) is 16.7 Å². The molecule has 2 rings (SSSR count). The van der Waals surface area contributed by atoms with Crippen LogP contribution in [0.5, 0.6) is 0 Å². The molecule has 1 aromatic carbocycles. The Kier molecular flexibility index (Phi) is 4.93. The Morgan fingerprint density at radius 2 is 1.95 bits per heavy atom. The van der Waals surface area contributed by atoms with Crippen molar-refractivity contribution in [2.75, 3.05) is 5.32 Å². The molecule has 0 saturated carbocycles. The van der Waals surface area contributed by atoms with Gasteiger partial charge in [0, 0.05) is 34.0 Å². The number of nitrogens with one attached hydrogen (secondary N) is 1. The Labute approximate surface area is 126 Å². The molecule has 0 radical (unpaired) electrons. The summed E-state index contributed by atoms with van der Waals surface area (Å²) in [5, 5.41) is 3.00. The van der Waals surface area contributed by atoms with E-state index in [2.05, 4.69) is 26.2 Å². The molecular formula is C13H10BrF3N2S. The number of alkyl halides is 3. The topological polar surface area (TPSA) is 24.9 Å². The van der Waals surface area contributed by atoms with Gasteiger partial charge >= 0.3 is 5.51 Å². The van der Waals surface area contributed by atoms with Gasteiger partial charge < -0.3 is 5.32 Å². The van der Waals surface area contributed by atoms with E-state index in [9.17, 15) is 13.2 Å². The maximum Gasteiger partial charge on any atom is 0.446 e. The van der Waals surface area contributed by atoms with Crippen molar-refractivity contribution in [3.05, 3.63) is 52.8 Å². The van der Waals surface area contributed by atoms with Crippen LogP contribution in [0.1, 0.15) is 5.56 Å². The standard InChI is InChI=1S/C13H10BrF3N2S/c14-10-5-9(6-18-8-10)7-19-11-3-1-2-4-12(11)20-13(15,16)17/h1-6,8,19H,7H2. The molecule has 1 aromatic heterocycles. The molecule has 106 valence electrons. The highest BCUT2D eigenvalue weighted by molar-refractivity contribution is 9.10. The van der Waals surface area contributed by atoms with Gasteiger partial charge in [0.15, 0.2) is 0 Å². The van der Waals surface area contributed by atoms with Crippen molar-refractivity contribution < 1.29 is 13.2 Å². The highest BCUT2D eigenvalue weighted by atomic mass is 79.9. The fourth-order valence-electron chi connectivity index (χ4n) is 1.58. The molecule has 1 heterocycles. The van der Waals surface area contributed by atoms with E-state index in [1.165, 1.54) is 6.07 Å². The van der Waals surface area contributed by atoms with Crippen molar-refractivity contribution in [2.45, 2.75) is 16.9 Å². The average molecular weight is 363 g/mol. The number of halogens is 4. The van der Waals surface area contributed by atoms with Gasteiger partial charge in [0.05, 0.1) is 0 Å². The van der Waals surface area contributed by atoms with E-state index in [0.29, 0.717) is 12.2 Å². The van der Waals surface area contributed by atoms with Gasteiger partial charge in [-0.25, -0.2) is 0 Å². The predicted octanol–water partition coefficient (Wildman–Crippen LogP) is 5.07. The molecule has 0 amide bonds. The normalized spacial score (nSPS) is 11.4. The number of nitrogens with zero attached hydrogens (tertiary/aromatic N) is 1. The lowest BCUT2D eigenvalue weighted by Crippen LogP contribution is -2.04. The molecule has 0 spiro atoms. The summed E-state index contributed by atoms with van der Waals surface area (Å²) >= 11 is 3.18. The fraction of sp³-hybridized carbons (Fsp3) is 0.154. The summed E-state index contributed by atoms with van der Waals surface area (Å²) < 4.78 is 38.2. The van der Waals surface area contributed by atoms with Crippen molar-refractivity contribution in [2.24, 2.45) is 0 Å². The molecule has 0 fully saturated rings. The van der Waals surface area contributed by atoms with Gasteiger partial charge in [0.25, 0.3) is 0 Å². The summed E-state index contributed by atoms with van der Waals surface area (Å²) in [5.74, 6) is 0. The zero-order valence-electron chi connectivity index (χ0n) is 10.1. The number of thioether (sulfide) groups is 1. The minimum Gasteiger partial charge on any atom is -0.380 e. The van der Waals surface area contributed by atoms with Crippen LogP contribution >= 0.6 is 27.7 Å². The molecular weight excluding hydrogens is 353 g/mol. The molecule has 20 heavy (non-hydrogen) atoms. The van der Waals surface area contributed by atoms with E-state index in [1.807, 2.05) is 6.07 Å². The third-order valence-corrected chi connectivity index (χ3v) is 3.60. The van der Waals surface area contributed by atoms with E-state index >= 15 is 0 Å². The lowest BCUT2D eigenvalue weighted by molar-refractivity contribution is -0.0327. The van der Waals surface area contributed by atoms with Crippen LogP contribution in [-0.4, -0.2) is 10.5 Å². The van der Waals surface area contributed by atoms with Crippen LogP contribution in [0.4, 0.5) is 18.9 Å². The molecule has 0 bridgehead atoms. The fourth-order valence-corrected chi connectivity index (χ4v) is 2.63. The van der Waals surface area contributed by atoms with Gasteiger partial charge in [0.2, 0.25) is 0 Å². The largest absolute Gasteiger partial charge is 0.446 e. The number of hydrogen-bond donors (Lipinski definition) is 1. The molecule has 2 aromatic rings. The second-order valence-electron chi connectivity index (χ2n) is 3.91. The number of aromatic nitrogens is 1. The minimum atomic E-state index is -4.30. The second kappa shape index (κ2) is 6.49. The number of benzene rings is 1. The van der Waals surface area contributed by atoms with Crippen molar-refractivity contribution >= 4 is 33.4 Å². The zero-order valence-corrected chi connectivity index (χ0v) is 12.5. The Morgan fingerprint density at radius 3 is 2.65 bits per heavy atom. The van der Waals surface area contributed by atoms with E-state index < -0.39 is 5.51 Å². The molecule has 7 heteroatoms. The molecule has 0 saturated heterocycles. The summed E-state index contributed by atoms with van der Waals surface area (Å²) in [6, 6.07) is 8.21. The first-order valence-corrected chi connectivity index (χ1v) is 7.23. The highest BCUT2D eigenvalue weighted by Crippen LogP contribution is 2.40. The Hall–Kier alpha value is -1.21. The van der Waals surface area contributed by atoms with Gasteiger partial charge in [-0.05, 0) is 51.5 Å². The number of anilines is 1. The molecule has 0 unspecified atom stereocenters. The molecule has 2 nitrogen and oxygen atoms in total. The minimum absolute atomic E-state index is 0.122. The maximum absolute atomic E-state index is 12.5. The number of pyridine rings is 1. The summed E-state index contributed by atoms with van der Waals surface area (Å²) in [6.45, 7) is 0.405. The van der Waals surface area contributed by atoms with Gasteiger partial charge in [-0.1, -0.05) is 12.1 Å². The van der Waals surface area contributed by atoms with Crippen molar-refractivity contribution in [1.82, 2.24) is 4.98 Å². The van der Waals surface area contributed by atoms with Crippen LogP contribution in [0.3, 0.4) is 0 Å². The van der Waals surface area contributed by atoms with Crippen LogP contribution in [0.2, 0.25) is 0 Å². The lowest BCUT2D eigenvalue weighted by atomic mass is 10.2. The van der Waals surface area contributed by atoms with E-state index in [4.69, 9.17) is 0 Å².